The number of nitrogens with zero attached hydrogens (tertiary/aromatic N) is 1. The molecule has 0 aromatic heterocycles. The van der Waals surface area contributed by atoms with Gasteiger partial charge in [0.15, 0.2) is 0 Å². The van der Waals surface area contributed by atoms with Crippen molar-refractivity contribution in [1.82, 2.24) is 4.90 Å². The highest BCUT2D eigenvalue weighted by Crippen LogP contribution is 2.42. The second-order valence-corrected chi connectivity index (χ2v) is 7.11. The van der Waals surface area contributed by atoms with Crippen LogP contribution in [0.2, 0.25) is 0 Å². The Bertz CT molecular complexity index is 301. The smallest absolute Gasteiger partial charge is 0.0697 e. The van der Waals surface area contributed by atoms with Crippen LogP contribution in [0.3, 0.4) is 0 Å². The minimum atomic E-state index is 0.248. The molecule has 1 aliphatic carbocycles. The van der Waals surface area contributed by atoms with Gasteiger partial charge in [-0.05, 0) is 57.9 Å². The zero-order valence-electron chi connectivity index (χ0n) is 12.4. The molecule has 110 valence electrons. The molecule has 0 bridgehead atoms. The monoisotopic (exact) mass is 266 g/mol. The fraction of sp³-hybridized carbons (Fsp3) is 1.00. The summed E-state index contributed by atoms with van der Waals surface area (Å²) in [5.41, 5.74) is 6.15. The standard InChI is InChI=1S/C16H30N2O/c1-13-4-5-14(11-17)12-18(13)15-6-9-19-16(10-15)7-2-3-8-16/h13-15H,2-12,17H2,1H3. The van der Waals surface area contributed by atoms with Crippen LogP contribution in [0.25, 0.3) is 0 Å². The lowest BCUT2D eigenvalue weighted by Gasteiger charge is -2.48. The molecule has 2 aliphatic heterocycles. The molecule has 2 heterocycles. The van der Waals surface area contributed by atoms with E-state index in [4.69, 9.17) is 10.5 Å². The lowest BCUT2D eigenvalue weighted by molar-refractivity contribution is -0.111. The van der Waals surface area contributed by atoms with Gasteiger partial charge in [-0.2, -0.15) is 0 Å². The van der Waals surface area contributed by atoms with Crippen molar-refractivity contribution < 1.29 is 4.74 Å². The average molecular weight is 266 g/mol. The van der Waals surface area contributed by atoms with Crippen LogP contribution in [0.5, 0.6) is 0 Å². The summed E-state index contributed by atoms with van der Waals surface area (Å²) >= 11 is 0. The average Bonchev–Trinajstić information content (AvgIpc) is 2.87. The number of piperidine rings is 1. The molecular formula is C16H30N2O. The van der Waals surface area contributed by atoms with E-state index in [9.17, 15) is 0 Å². The Balaban J connectivity index is 1.66. The summed E-state index contributed by atoms with van der Waals surface area (Å²) < 4.78 is 6.18. The van der Waals surface area contributed by atoms with Crippen LogP contribution in [-0.4, -0.2) is 42.3 Å². The third-order valence-corrected chi connectivity index (χ3v) is 5.81. The van der Waals surface area contributed by atoms with Gasteiger partial charge in [-0.15, -0.1) is 0 Å². The van der Waals surface area contributed by atoms with Crippen molar-refractivity contribution in [2.75, 3.05) is 19.7 Å². The highest BCUT2D eigenvalue weighted by atomic mass is 16.5. The molecule has 0 aromatic carbocycles. The van der Waals surface area contributed by atoms with Gasteiger partial charge < -0.3 is 10.5 Å². The van der Waals surface area contributed by atoms with Gasteiger partial charge in [0.1, 0.15) is 0 Å². The fourth-order valence-corrected chi connectivity index (χ4v) is 4.57. The number of rotatable bonds is 2. The molecule has 2 saturated heterocycles. The molecule has 1 spiro atoms. The molecule has 3 fully saturated rings. The Kier molecular flexibility index (Phi) is 4.16. The zero-order valence-corrected chi connectivity index (χ0v) is 12.4. The number of likely N-dealkylation sites (tertiary alicyclic amines) is 1. The van der Waals surface area contributed by atoms with E-state index >= 15 is 0 Å². The van der Waals surface area contributed by atoms with Gasteiger partial charge in [-0.3, -0.25) is 4.90 Å². The maximum Gasteiger partial charge on any atom is 0.0697 e. The van der Waals surface area contributed by atoms with Crippen molar-refractivity contribution in [2.24, 2.45) is 11.7 Å². The first-order valence-electron chi connectivity index (χ1n) is 8.32. The Labute approximate surface area is 117 Å². The van der Waals surface area contributed by atoms with E-state index in [1.165, 1.54) is 57.9 Å². The van der Waals surface area contributed by atoms with E-state index in [1.807, 2.05) is 0 Å². The van der Waals surface area contributed by atoms with E-state index < -0.39 is 0 Å². The van der Waals surface area contributed by atoms with Crippen molar-refractivity contribution in [3.63, 3.8) is 0 Å². The van der Waals surface area contributed by atoms with Crippen LogP contribution in [0.4, 0.5) is 0 Å². The summed E-state index contributed by atoms with van der Waals surface area (Å²) in [6, 6.07) is 1.49. The van der Waals surface area contributed by atoms with Crippen LogP contribution in [-0.2, 0) is 4.74 Å². The van der Waals surface area contributed by atoms with E-state index in [2.05, 4.69) is 11.8 Å². The van der Waals surface area contributed by atoms with Crippen molar-refractivity contribution in [1.29, 1.82) is 0 Å². The minimum absolute atomic E-state index is 0.248. The normalized spacial score (nSPS) is 39.8. The molecule has 3 unspecified atom stereocenters. The Morgan fingerprint density at radius 3 is 2.74 bits per heavy atom. The lowest BCUT2D eigenvalue weighted by atomic mass is 9.84. The minimum Gasteiger partial charge on any atom is -0.375 e. The molecule has 0 aromatic rings. The third-order valence-electron chi connectivity index (χ3n) is 5.81. The van der Waals surface area contributed by atoms with Gasteiger partial charge in [0.2, 0.25) is 0 Å². The number of hydrogen-bond acceptors (Lipinski definition) is 3. The van der Waals surface area contributed by atoms with Gasteiger partial charge in [-0.1, -0.05) is 12.8 Å². The summed E-state index contributed by atoms with van der Waals surface area (Å²) in [4.78, 5) is 2.77. The molecule has 3 atom stereocenters. The van der Waals surface area contributed by atoms with Crippen molar-refractivity contribution in [3.05, 3.63) is 0 Å². The van der Waals surface area contributed by atoms with Crippen LogP contribution >= 0.6 is 0 Å². The first-order valence-corrected chi connectivity index (χ1v) is 8.32. The van der Waals surface area contributed by atoms with Crippen LogP contribution in [0, 0.1) is 5.92 Å². The number of ether oxygens (including phenoxy) is 1. The Morgan fingerprint density at radius 2 is 2.00 bits per heavy atom. The van der Waals surface area contributed by atoms with Crippen molar-refractivity contribution in [2.45, 2.75) is 76.0 Å². The molecule has 19 heavy (non-hydrogen) atoms. The second-order valence-electron chi connectivity index (χ2n) is 7.11. The third kappa shape index (κ3) is 2.84. The molecular weight excluding hydrogens is 236 g/mol. The van der Waals surface area contributed by atoms with Crippen LogP contribution < -0.4 is 5.73 Å². The number of hydrogen-bond donors (Lipinski definition) is 1. The molecule has 3 heteroatoms. The Hall–Kier alpha value is -0.120. The van der Waals surface area contributed by atoms with Crippen LogP contribution in [0.1, 0.15) is 58.3 Å². The van der Waals surface area contributed by atoms with Gasteiger partial charge in [0.05, 0.1) is 5.60 Å². The van der Waals surface area contributed by atoms with Crippen LogP contribution in [0.15, 0.2) is 0 Å². The van der Waals surface area contributed by atoms with E-state index in [1.54, 1.807) is 0 Å². The van der Waals surface area contributed by atoms with Gasteiger partial charge >= 0.3 is 0 Å². The predicted octanol–water partition coefficient (Wildman–Crippen LogP) is 2.54. The quantitative estimate of drug-likeness (QED) is 0.835. The maximum absolute atomic E-state index is 6.18. The first-order chi connectivity index (χ1) is 9.22. The number of nitrogens with two attached hydrogens (primary N) is 1. The molecule has 2 N–H and O–H groups in total. The molecule has 3 nitrogen and oxygen atoms in total. The largest absolute Gasteiger partial charge is 0.375 e. The van der Waals surface area contributed by atoms with E-state index in [-0.39, 0.29) is 5.60 Å². The summed E-state index contributed by atoms with van der Waals surface area (Å²) in [5, 5.41) is 0. The topological polar surface area (TPSA) is 38.5 Å². The SMILES string of the molecule is CC1CCC(CN)CN1C1CCOC2(CCCC2)C1. The highest BCUT2D eigenvalue weighted by molar-refractivity contribution is 4.96. The second kappa shape index (κ2) is 5.71. The summed E-state index contributed by atoms with van der Waals surface area (Å²) in [6.07, 6.45) is 10.5. The van der Waals surface area contributed by atoms with Gasteiger partial charge in [0.25, 0.3) is 0 Å². The van der Waals surface area contributed by atoms with Gasteiger partial charge in [0, 0.05) is 25.2 Å². The predicted molar refractivity (Wildman–Crippen MR) is 78.1 cm³/mol. The maximum atomic E-state index is 6.18. The lowest BCUT2D eigenvalue weighted by Crippen LogP contribution is -2.54. The molecule has 1 saturated carbocycles. The molecule has 0 amide bonds. The zero-order chi connectivity index (χ0) is 13.3. The fourth-order valence-electron chi connectivity index (χ4n) is 4.57. The summed E-state index contributed by atoms with van der Waals surface area (Å²) in [5.74, 6) is 0.721. The molecule has 3 rings (SSSR count). The first kappa shape index (κ1) is 13.8. The van der Waals surface area contributed by atoms with Crippen molar-refractivity contribution in [3.8, 4) is 0 Å². The summed E-state index contributed by atoms with van der Waals surface area (Å²) in [7, 11) is 0. The highest BCUT2D eigenvalue weighted by Gasteiger charge is 2.43. The molecule has 3 aliphatic rings. The van der Waals surface area contributed by atoms with E-state index in [0.717, 1.165) is 31.2 Å². The van der Waals surface area contributed by atoms with Gasteiger partial charge in [-0.25, -0.2) is 0 Å². The summed E-state index contributed by atoms with van der Waals surface area (Å²) in [6.45, 7) is 5.46. The van der Waals surface area contributed by atoms with Crippen molar-refractivity contribution >= 4 is 0 Å². The Morgan fingerprint density at radius 1 is 1.21 bits per heavy atom. The molecule has 0 radical (unpaired) electrons. The van der Waals surface area contributed by atoms with E-state index in [0.29, 0.717) is 0 Å².